The molecule has 1 fully saturated rings. The molecule has 2 atom stereocenters. The van der Waals surface area contributed by atoms with Gasteiger partial charge in [-0.1, -0.05) is 0 Å². The first-order valence-corrected chi connectivity index (χ1v) is 9.88. The van der Waals surface area contributed by atoms with E-state index in [0.717, 1.165) is 5.82 Å². The topological polar surface area (TPSA) is 106 Å². The average molecular weight is 381 g/mol. The van der Waals surface area contributed by atoms with Crippen molar-refractivity contribution in [2.45, 2.75) is 13.0 Å². The van der Waals surface area contributed by atoms with E-state index in [-0.39, 0.29) is 30.2 Å². The van der Waals surface area contributed by atoms with Crippen molar-refractivity contribution in [3.63, 3.8) is 0 Å². The van der Waals surface area contributed by atoms with Crippen LogP contribution in [0, 0.1) is 12.8 Å². The van der Waals surface area contributed by atoms with Crippen molar-refractivity contribution in [2.24, 2.45) is 13.0 Å². The number of ether oxygens (including phenoxy) is 1. The number of nitrogens with one attached hydrogen (secondary N) is 1. The van der Waals surface area contributed by atoms with E-state index in [2.05, 4.69) is 15.3 Å². The molecule has 0 bridgehead atoms. The zero-order valence-corrected chi connectivity index (χ0v) is 16.1. The van der Waals surface area contributed by atoms with E-state index in [4.69, 9.17) is 4.74 Å². The van der Waals surface area contributed by atoms with Crippen molar-refractivity contribution in [1.82, 2.24) is 24.2 Å². The fourth-order valence-electron chi connectivity index (χ4n) is 2.96. The first-order chi connectivity index (χ1) is 12.2. The molecule has 0 saturated carbocycles. The Kier molecular flexibility index (Phi) is 5.00. The summed E-state index contributed by atoms with van der Waals surface area (Å²) in [7, 11) is 1.46. The van der Waals surface area contributed by atoms with E-state index in [1.165, 1.54) is 18.4 Å². The van der Waals surface area contributed by atoms with Gasteiger partial charge in [0.1, 0.15) is 11.3 Å². The molecule has 0 aromatic carbocycles. The van der Waals surface area contributed by atoms with Gasteiger partial charge in [-0.15, -0.1) is 0 Å². The smallest absolute Gasteiger partial charge is 0.253 e. The minimum absolute atomic E-state index is 0.0700. The number of amides is 1. The highest BCUT2D eigenvalue weighted by molar-refractivity contribution is 7.89. The molecule has 9 nitrogen and oxygen atoms in total. The predicted octanol–water partition coefficient (Wildman–Crippen LogP) is -0.0871. The van der Waals surface area contributed by atoms with Gasteiger partial charge in [0.2, 0.25) is 10.0 Å². The van der Waals surface area contributed by atoms with Crippen LogP contribution >= 0.6 is 0 Å². The molecule has 1 amide bonds. The van der Waals surface area contributed by atoms with E-state index in [1.54, 1.807) is 12.3 Å². The van der Waals surface area contributed by atoms with Gasteiger partial charge >= 0.3 is 0 Å². The van der Waals surface area contributed by atoms with Gasteiger partial charge in [0.25, 0.3) is 5.91 Å². The van der Waals surface area contributed by atoms with Gasteiger partial charge in [0.05, 0.1) is 30.6 Å². The maximum atomic E-state index is 12.8. The number of hydrogen-bond donors (Lipinski definition) is 1. The van der Waals surface area contributed by atoms with Crippen molar-refractivity contribution in [3.05, 3.63) is 23.7 Å². The molecule has 10 heteroatoms. The zero-order chi connectivity index (χ0) is 19.1. The van der Waals surface area contributed by atoms with Crippen molar-refractivity contribution < 1.29 is 17.9 Å². The number of sulfonamides is 1. The third-order valence-corrected chi connectivity index (χ3v) is 6.68. The van der Waals surface area contributed by atoms with Crippen LogP contribution in [0.4, 0.5) is 0 Å². The van der Waals surface area contributed by atoms with Crippen molar-refractivity contribution in [3.8, 4) is 0 Å². The van der Waals surface area contributed by atoms with Crippen molar-refractivity contribution in [1.29, 1.82) is 0 Å². The summed E-state index contributed by atoms with van der Waals surface area (Å²) in [6.45, 7) is 2.43. The first kappa shape index (κ1) is 18.7. The molecule has 1 saturated heterocycles. The van der Waals surface area contributed by atoms with Crippen LogP contribution in [0.15, 0.2) is 12.3 Å². The molecule has 1 N–H and O–H groups in total. The Morgan fingerprint density at radius 2 is 2.15 bits per heavy atom. The SMILES string of the molecule is Cc1nc2c(C(=O)N[C@H]3COC[C@H]3CS(=O)(=O)N(C)C)ccnc2n1C. The van der Waals surface area contributed by atoms with Crippen molar-refractivity contribution in [2.75, 3.05) is 33.1 Å². The molecule has 3 heterocycles. The second-order valence-electron chi connectivity index (χ2n) is 6.69. The second kappa shape index (κ2) is 6.93. The van der Waals surface area contributed by atoms with Gasteiger partial charge in [-0.25, -0.2) is 22.7 Å². The van der Waals surface area contributed by atoms with Crippen LogP contribution in [-0.4, -0.2) is 72.3 Å². The molecule has 2 aromatic heterocycles. The van der Waals surface area contributed by atoms with Gasteiger partial charge in [0, 0.05) is 33.3 Å². The lowest BCUT2D eigenvalue weighted by atomic mass is 10.1. The number of imidazole rings is 1. The molecular weight excluding hydrogens is 358 g/mol. The van der Waals surface area contributed by atoms with Crippen LogP contribution < -0.4 is 5.32 Å². The number of aromatic nitrogens is 3. The number of aryl methyl sites for hydroxylation is 2. The molecule has 26 heavy (non-hydrogen) atoms. The minimum Gasteiger partial charge on any atom is -0.379 e. The first-order valence-electron chi connectivity index (χ1n) is 8.27. The minimum atomic E-state index is -3.38. The molecule has 0 spiro atoms. The lowest BCUT2D eigenvalue weighted by molar-refractivity contribution is 0.0927. The van der Waals surface area contributed by atoms with Crippen LogP contribution in [-0.2, 0) is 21.8 Å². The van der Waals surface area contributed by atoms with E-state index in [0.29, 0.717) is 23.3 Å². The van der Waals surface area contributed by atoms with Crippen LogP contribution in [0.5, 0.6) is 0 Å². The summed E-state index contributed by atoms with van der Waals surface area (Å²) < 4.78 is 32.7. The number of pyridine rings is 1. The fraction of sp³-hybridized carbons (Fsp3) is 0.562. The number of hydrogen-bond acceptors (Lipinski definition) is 6. The Labute approximate surface area is 152 Å². The van der Waals surface area contributed by atoms with Crippen LogP contribution in [0.3, 0.4) is 0 Å². The quantitative estimate of drug-likeness (QED) is 0.776. The standard InChI is InChI=1S/C16H23N5O4S/c1-10-18-14-12(5-6-17-15(14)21(10)4)16(22)19-13-8-25-7-11(13)9-26(23,24)20(2)3/h5-6,11,13H,7-9H2,1-4H3,(H,19,22)/t11-,13-/m0/s1. The van der Waals surface area contributed by atoms with Gasteiger partial charge < -0.3 is 14.6 Å². The third-order valence-electron chi connectivity index (χ3n) is 4.72. The maximum absolute atomic E-state index is 12.8. The molecule has 0 unspecified atom stereocenters. The van der Waals surface area contributed by atoms with E-state index in [1.807, 2.05) is 18.5 Å². The fourth-order valence-corrected chi connectivity index (χ4v) is 4.13. The van der Waals surface area contributed by atoms with Crippen molar-refractivity contribution >= 4 is 27.1 Å². The molecule has 1 aliphatic rings. The number of fused-ring (bicyclic) bond motifs is 1. The summed E-state index contributed by atoms with van der Waals surface area (Å²) in [5.41, 5.74) is 1.57. The summed E-state index contributed by atoms with van der Waals surface area (Å²) in [6.07, 6.45) is 1.57. The van der Waals surface area contributed by atoms with Gasteiger partial charge in [-0.2, -0.15) is 0 Å². The molecular formula is C16H23N5O4S. The number of carbonyl (C=O) groups is 1. The molecule has 0 radical (unpaired) electrons. The van der Waals surface area contributed by atoms with Crippen LogP contribution in [0.1, 0.15) is 16.2 Å². The molecule has 2 aromatic rings. The number of carbonyl (C=O) groups excluding carboxylic acids is 1. The molecule has 142 valence electrons. The highest BCUT2D eigenvalue weighted by Crippen LogP contribution is 2.20. The maximum Gasteiger partial charge on any atom is 0.253 e. The van der Waals surface area contributed by atoms with E-state index >= 15 is 0 Å². The van der Waals surface area contributed by atoms with Crippen LogP contribution in [0.2, 0.25) is 0 Å². The Bertz CT molecular complexity index is 938. The Balaban J connectivity index is 1.81. The summed E-state index contributed by atoms with van der Waals surface area (Å²) in [5, 5.41) is 2.90. The lowest BCUT2D eigenvalue weighted by Gasteiger charge is -2.21. The van der Waals surface area contributed by atoms with Crippen LogP contribution in [0.25, 0.3) is 11.2 Å². The van der Waals surface area contributed by atoms with Gasteiger partial charge in [-0.3, -0.25) is 4.79 Å². The average Bonchev–Trinajstić information content (AvgIpc) is 3.11. The second-order valence-corrected chi connectivity index (χ2v) is 8.91. The normalized spacial score (nSPS) is 20.8. The Morgan fingerprint density at radius 1 is 1.42 bits per heavy atom. The Hall–Kier alpha value is -2.04. The molecule has 1 aliphatic heterocycles. The number of rotatable bonds is 5. The lowest BCUT2D eigenvalue weighted by Crippen LogP contribution is -2.43. The third kappa shape index (κ3) is 3.44. The highest BCUT2D eigenvalue weighted by atomic mass is 32.2. The molecule has 3 rings (SSSR count). The van der Waals surface area contributed by atoms with Gasteiger partial charge in [-0.05, 0) is 13.0 Å². The Morgan fingerprint density at radius 3 is 2.85 bits per heavy atom. The largest absolute Gasteiger partial charge is 0.379 e. The molecule has 0 aliphatic carbocycles. The predicted molar refractivity (Wildman–Crippen MR) is 96.3 cm³/mol. The summed E-state index contributed by atoms with van der Waals surface area (Å²) in [4.78, 5) is 21.5. The summed E-state index contributed by atoms with van der Waals surface area (Å²) in [6, 6.07) is 1.25. The summed E-state index contributed by atoms with van der Waals surface area (Å²) >= 11 is 0. The van der Waals surface area contributed by atoms with E-state index in [9.17, 15) is 13.2 Å². The van der Waals surface area contributed by atoms with Gasteiger partial charge in [0.15, 0.2) is 5.65 Å². The number of nitrogens with zero attached hydrogens (tertiary/aromatic N) is 4. The summed E-state index contributed by atoms with van der Waals surface area (Å²) in [5.74, 6) is 0.0821. The van der Waals surface area contributed by atoms with E-state index < -0.39 is 10.0 Å². The zero-order valence-electron chi connectivity index (χ0n) is 15.3. The monoisotopic (exact) mass is 381 g/mol. The highest BCUT2D eigenvalue weighted by Gasteiger charge is 2.34.